The molecule has 0 bridgehead atoms. The van der Waals surface area contributed by atoms with Crippen LogP contribution in [0, 0.1) is 11.1 Å². The fraction of sp³-hybridized carbons (Fsp3) is 0.250. The number of allylic oxidation sites excluding steroid dienone is 1. The fourth-order valence-corrected chi connectivity index (χ4v) is 0.986. The third kappa shape index (κ3) is 3.90. The zero-order chi connectivity index (χ0) is 10.4. The maximum absolute atomic E-state index is 11.3. The summed E-state index contributed by atoms with van der Waals surface area (Å²) in [6.45, 7) is 4.07. The van der Waals surface area contributed by atoms with Crippen molar-refractivity contribution in [3.63, 3.8) is 0 Å². The third-order valence-corrected chi connectivity index (χ3v) is 1.69. The van der Waals surface area contributed by atoms with E-state index in [1.54, 1.807) is 6.21 Å². The Balaban J connectivity index is 2.70. The van der Waals surface area contributed by atoms with Gasteiger partial charge in [-0.05, 0) is 24.1 Å². The first-order valence-corrected chi connectivity index (χ1v) is 4.72. The Kier molecular flexibility index (Phi) is 3.92. The highest BCUT2D eigenvalue weighted by atomic mass is 16.5. The first kappa shape index (κ1) is 10.5. The Labute approximate surface area is 84.8 Å². The van der Waals surface area contributed by atoms with E-state index < -0.39 is 0 Å². The van der Waals surface area contributed by atoms with Gasteiger partial charge in [0.05, 0.1) is 0 Å². The van der Waals surface area contributed by atoms with Crippen molar-refractivity contribution in [1.82, 2.24) is 0 Å². The quantitative estimate of drug-likeness (QED) is 0.311. The van der Waals surface area contributed by atoms with Crippen molar-refractivity contribution < 1.29 is 4.74 Å². The van der Waals surface area contributed by atoms with Crippen LogP contribution in [0.1, 0.15) is 19.4 Å². The second-order valence-electron chi connectivity index (χ2n) is 3.49. The van der Waals surface area contributed by atoms with E-state index in [0.717, 1.165) is 10.3 Å². The van der Waals surface area contributed by atoms with Crippen LogP contribution in [-0.4, -0.2) is 11.0 Å². The summed E-state index contributed by atoms with van der Waals surface area (Å²) in [6, 6.07) is 9.54. The summed E-state index contributed by atoms with van der Waals surface area (Å²) in [6.07, 6.45) is 4.96. The molecule has 0 heterocycles. The van der Waals surface area contributed by atoms with Crippen LogP contribution >= 0.6 is 0 Å². The van der Waals surface area contributed by atoms with Gasteiger partial charge in [-0.15, -0.1) is 0 Å². The first-order valence-electron chi connectivity index (χ1n) is 4.72. The molecule has 0 radical (unpaired) electrons. The maximum atomic E-state index is 11.3. The molecule has 0 atom stereocenters. The molecule has 0 unspecified atom stereocenters. The van der Waals surface area contributed by atoms with Gasteiger partial charge in [-0.25, -0.2) is 0 Å². The molecule has 1 aromatic rings. The smallest absolute Gasteiger partial charge is 0.187 e. The van der Waals surface area contributed by atoms with Crippen LogP contribution in [0.5, 0.6) is 0 Å². The second-order valence-corrected chi connectivity index (χ2v) is 3.49. The summed E-state index contributed by atoms with van der Waals surface area (Å²) >= 11 is 0. The minimum Gasteiger partial charge on any atom is -0.619 e. The molecule has 0 saturated carbocycles. The van der Waals surface area contributed by atoms with Crippen molar-refractivity contribution in [2.75, 3.05) is 0 Å². The predicted octanol–water partition coefficient (Wildman–Crippen LogP) is 2.79. The summed E-state index contributed by atoms with van der Waals surface area (Å²) in [5.74, 6) is 0.399. The Hall–Kier alpha value is -1.57. The van der Waals surface area contributed by atoms with Crippen LogP contribution in [0.2, 0.25) is 0 Å². The molecule has 0 aliphatic rings. The van der Waals surface area contributed by atoms with Gasteiger partial charge in [0, 0.05) is 5.56 Å². The molecule has 2 nitrogen and oxygen atoms in total. The van der Waals surface area contributed by atoms with Crippen molar-refractivity contribution in [3.8, 4) is 0 Å². The van der Waals surface area contributed by atoms with Gasteiger partial charge in [-0.2, -0.15) is 4.74 Å². The molecule has 0 aliphatic heterocycles. The van der Waals surface area contributed by atoms with E-state index in [9.17, 15) is 5.21 Å². The lowest BCUT2D eigenvalue weighted by Gasteiger charge is -1.97. The second kappa shape index (κ2) is 5.22. The Morgan fingerprint density at radius 1 is 1.21 bits per heavy atom. The summed E-state index contributed by atoms with van der Waals surface area (Å²) in [7, 11) is 0. The first-order chi connectivity index (χ1) is 6.68. The van der Waals surface area contributed by atoms with Gasteiger partial charge in [0.1, 0.15) is 0 Å². The van der Waals surface area contributed by atoms with E-state index in [0.29, 0.717) is 5.92 Å². The Morgan fingerprint density at radius 2 is 1.86 bits per heavy atom. The maximum Gasteiger partial charge on any atom is 0.187 e. The zero-order valence-corrected chi connectivity index (χ0v) is 8.55. The van der Waals surface area contributed by atoms with Crippen LogP contribution in [0.25, 0.3) is 0 Å². The van der Waals surface area contributed by atoms with E-state index in [2.05, 4.69) is 0 Å². The van der Waals surface area contributed by atoms with Gasteiger partial charge in [0.2, 0.25) is 0 Å². The SMILES string of the molecule is CC(C)/C=C/[N+]([O-])=C/c1ccccc1. The van der Waals surface area contributed by atoms with Gasteiger partial charge < -0.3 is 5.21 Å². The topological polar surface area (TPSA) is 26.1 Å². The molecule has 0 fully saturated rings. The molecule has 2 heteroatoms. The average Bonchev–Trinajstić information content (AvgIpc) is 2.16. The van der Waals surface area contributed by atoms with Crippen molar-refractivity contribution in [2.24, 2.45) is 5.92 Å². The highest BCUT2D eigenvalue weighted by molar-refractivity contribution is 5.75. The molecule has 0 aromatic heterocycles. The molecule has 0 saturated heterocycles. The molecule has 0 spiro atoms. The van der Waals surface area contributed by atoms with Crippen LogP contribution in [0.3, 0.4) is 0 Å². The van der Waals surface area contributed by atoms with Crippen molar-refractivity contribution in [1.29, 1.82) is 0 Å². The Morgan fingerprint density at radius 3 is 2.43 bits per heavy atom. The molecule has 0 aliphatic carbocycles. The van der Waals surface area contributed by atoms with Crippen LogP contribution in [0.4, 0.5) is 0 Å². The molecular formula is C12H15NO. The number of hydrogen-bond acceptors (Lipinski definition) is 1. The summed E-state index contributed by atoms with van der Waals surface area (Å²) in [5, 5.41) is 11.3. The fourth-order valence-electron chi connectivity index (χ4n) is 0.986. The molecule has 1 rings (SSSR count). The number of hydroxylamine groups is 1. The van der Waals surface area contributed by atoms with Gasteiger partial charge >= 0.3 is 0 Å². The van der Waals surface area contributed by atoms with E-state index in [-0.39, 0.29) is 0 Å². The summed E-state index contributed by atoms with van der Waals surface area (Å²) < 4.78 is 0.829. The van der Waals surface area contributed by atoms with Crippen LogP contribution in [0.15, 0.2) is 42.6 Å². The molecule has 1 aromatic carbocycles. The number of hydrogen-bond donors (Lipinski definition) is 0. The normalized spacial score (nSPS) is 12.6. The van der Waals surface area contributed by atoms with Crippen LogP contribution in [-0.2, 0) is 0 Å². The monoisotopic (exact) mass is 189 g/mol. The lowest BCUT2D eigenvalue weighted by atomic mass is 10.2. The number of rotatable bonds is 3. The number of nitrogens with zero attached hydrogens (tertiary/aromatic N) is 1. The minimum absolute atomic E-state index is 0.399. The van der Waals surface area contributed by atoms with E-state index in [1.165, 1.54) is 6.20 Å². The predicted molar refractivity (Wildman–Crippen MR) is 59.2 cm³/mol. The van der Waals surface area contributed by atoms with Gasteiger partial charge in [0.25, 0.3) is 0 Å². The van der Waals surface area contributed by atoms with E-state index >= 15 is 0 Å². The summed E-state index contributed by atoms with van der Waals surface area (Å²) in [5.41, 5.74) is 0.913. The standard InChI is InChI=1S/C12H15NO/c1-11(2)8-9-13(14)10-12-6-4-3-5-7-12/h3-11H,1-2H3/b9-8+,13-10-. The molecular weight excluding hydrogens is 174 g/mol. The Bertz CT molecular complexity index is 325. The van der Waals surface area contributed by atoms with E-state index in [1.807, 2.05) is 50.3 Å². The molecule has 14 heavy (non-hydrogen) atoms. The van der Waals surface area contributed by atoms with Crippen molar-refractivity contribution >= 4 is 6.21 Å². The number of benzene rings is 1. The molecule has 0 N–H and O–H groups in total. The average molecular weight is 189 g/mol. The minimum atomic E-state index is 0.399. The van der Waals surface area contributed by atoms with Crippen molar-refractivity contribution in [2.45, 2.75) is 13.8 Å². The van der Waals surface area contributed by atoms with Gasteiger partial charge in [-0.3, -0.25) is 0 Å². The molecule has 74 valence electrons. The molecule has 0 amide bonds. The largest absolute Gasteiger partial charge is 0.619 e. The van der Waals surface area contributed by atoms with Crippen LogP contribution < -0.4 is 0 Å². The van der Waals surface area contributed by atoms with E-state index in [4.69, 9.17) is 0 Å². The third-order valence-electron chi connectivity index (χ3n) is 1.69. The van der Waals surface area contributed by atoms with Gasteiger partial charge in [0.15, 0.2) is 12.4 Å². The van der Waals surface area contributed by atoms with Gasteiger partial charge in [-0.1, -0.05) is 32.0 Å². The highest BCUT2D eigenvalue weighted by Gasteiger charge is 1.91. The zero-order valence-electron chi connectivity index (χ0n) is 8.55. The highest BCUT2D eigenvalue weighted by Crippen LogP contribution is 1.96. The lowest BCUT2D eigenvalue weighted by Crippen LogP contribution is -1.97. The lowest BCUT2D eigenvalue weighted by molar-refractivity contribution is -0.372. The van der Waals surface area contributed by atoms with Crippen molar-refractivity contribution in [3.05, 3.63) is 53.4 Å². The summed E-state index contributed by atoms with van der Waals surface area (Å²) in [4.78, 5) is 0.